The predicted octanol–water partition coefficient (Wildman–Crippen LogP) is 2.70. The number of thioether (sulfide) groups is 1. The van der Waals surface area contributed by atoms with Crippen LogP contribution in [0.2, 0.25) is 0 Å². The molecule has 2 heterocycles. The Bertz CT molecular complexity index is 566. The van der Waals surface area contributed by atoms with Gasteiger partial charge in [-0.15, -0.1) is 0 Å². The summed E-state index contributed by atoms with van der Waals surface area (Å²) in [5.41, 5.74) is 7.63. The van der Waals surface area contributed by atoms with Gasteiger partial charge in [0.05, 0.1) is 5.56 Å². The number of amides is 1. The lowest BCUT2D eigenvalue weighted by atomic mass is 9.91. The van der Waals surface area contributed by atoms with Crippen LogP contribution in [0.5, 0.6) is 0 Å². The second-order valence-corrected chi connectivity index (χ2v) is 8.25. The van der Waals surface area contributed by atoms with Crippen LogP contribution in [-0.2, 0) is 0 Å². The summed E-state index contributed by atoms with van der Waals surface area (Å²) in [5, 5.41) is 6.68. The molecule has 1 saturated heterocycles. The van der Waals surface area contributed by atoms with Gasteiger partial charge in [-0.2, -0.15) is 11.8 Å². The van der Waals surface area contributed by atoms with Crippen molar-refractivity contribution in [1.82, 2.24) is 10.3 Å². The zero-order valence-corrected chi connectivity index (χ0v) is 15.2. The number of hydrogen-bond donors (Lipinski definition) is 3. The smallest absolute Gasteiger partial charge is 0.255 e. The van der Waals surface area contributed by atoms with Crippen molar-refractivity contribution in [2.45, 2.75) is 63.6 Å². The van der Waals surface area contributed by atoms with E-state index in [0.29, 0.717) is 17.6 Å². The Morgan fingerprint density at radius 2 is 1.88 bits per heavy atom. The van der Waals surface area contributed by atoms with E-state index in [1.807, 2.05) is 30.9 Å². The molecule has 4 N–H and O–H groups in total. The average Bonchev–Trinajstić information content (AvgIpc) is 2.59. The first kappa shape index (κ1) is 17.5. The summed E-state index contributed by atoms with van der Waals surface area (Å²) in [6, 6.07) is 2.88. The molecule has 1 amide bonds. The maximum atomic E-state index is 12.8. The number of anilines is 1. The van der Waals surface area contributed by atoms with E-state index in [1.54, 1.807) is 0 Å². The van der Waals surface area contributed by atoms with Crippen molar-refractivity contribution in [2.24, 2.45) is 5.73 Å². The first-order valence-electron chi connectivity index (χ1n) is 8.99. The molecule has 5 nitrogen and oxygen atoms in total. The highest BCUT2D eigenvalue weighted by molar-refractivity contribution is 7.99. The highest BCUT2D eigenvalue weighted by Crippen LogP contribution is 2.23. The number of aryl methyl sites for hydroxylation is 1. The van der Waals surface area contributed by atoms with Crippen LogP contribution in [0.15, 0.2) is 12.3 Å². The highest BCUT2D eigenvalue weighted by Gasteiger charge is 2.23. The van der Waals surface area contributed by atoms with Gasteiger partial charge >= 0.3 is 0 Å². The van der Waals surface area contributed by atoms with Crippen LogP contribution in [0, 0.1) is 6.92 Å². The summed E-state index contributed by atoms with van der Waals surface area (Å²) in [6.07, 6.45) is 7.99. The molecular weight excluding hydrogens is 320 g/mol. The Labute approximate surface area is 148 Å². The van der Waals surface area contributed by atoms with Gasteiger partial charge in [-0.25, -0.2) is 4.98 Å². The molecule has 0 aromatic carbocycles. The zero-order chi connectivity index (χ0) is 16.9. The minimum Gasteiger partial charge on any atom is -0.367 e. The Kier molecular flexibility index (Phi) is 6.00. The van der Waals surface area contributed by atoms with E-state index in [4.69, 9.17) is 5.73 Å². The van der Waals surface area contributed by atoms with Crippen molar-refractivity contribution in [1.29, 1.82) is 0 Å². The second-order valence-electron chi connectivity index (χ2n) is 7.02. The van der Waals surface area contributed by atoms with Crippen LogP contribution in [0.25, 0.3) is 0 Å². The fraction of sp³-hybridized carbons (Fsp3) is 0.667. The third kappa shape index (κ3) is 4.63. The van der Waals surface area contributed by atoms with E-state index in [2.05, 4.69) is 15.6 Å². The molecule has 6 heteroatoms. The lowest BCUT2D eigenvalue weighted by Crippen LogP contribution is -2.41. The van der Waals surface area contributed by atoms with Crippen molar-refractivity contribution >= 4 is 23.5 Å². The van der Waals surface area contributed by atoms with Gasteiger partial charge in [-0.3, -0.25) is 4.79 Å². The van der Waals surface area contributed by atoms with E-state index < -0.39 is 0 Å². The second kappa shape index (κ2) is 8.21. The number of nitrogens with one attached hydrogen (secondary N) is 2. The number of hydrogen-bond acceptors (Lipinski definition) is 5. The maximum Gasteiger partial charge on any atom is 0.255 e. The summed E-state index contributed by atoms with van der Waals surface area (Å²) in [5.74, 6) is 3.06. The van der Waals surface area contributed by atoms with Crippen LogP contribution in [0.3, 0.4) is 0 Å². The molecule has 0 spiro atoms. The van der Waals surface area contributed by atoms with Crippen LogP contribution in [-0.4, -0.2) is 40.5 Å². The molecule has 1 aliphatic heterocycles. The van der Waals surface area contributed by atoms with Gasteiger partial charge in [0.25, 0.3) is 5.91 Å². The topological polar surface area (TPSA) is 80.0 Å². The lowest BCUT2D eigenvalue weighted by Gasteiger charge is -2.28. The van der Waals surface area contributed by atoms with Gasteiger partial charge in [-0.05, 0) is 68.6 Å². The van der Waals surface area contributed by atoms with Crippen molar-refractivity contribution < 1.29 is 4.79 Å². The normalized spacial score (nSPS) is 25.2. The Morgan fingerprint density at radius 1 is 1.17 bits per heavy atom. The Balaban J connectivity index is 1.68. The zero-order valence-electron chi connectivity index (χ0n) is 14.4. The quantitative estimate of drug-likeness (QED) is 0.779. The van der Waals surface area contributed by atoms with E-state index in [-0.39, 0.29) is 11.9 Å². The number of nitrogens with zero attached hydrogens (tertiary/aromatic N) is 1. The molecule has 132 valence electrons. The van der Waals surface area contributed by atoms with Gasteiger partial charge < -0.3 is 16.4 Å². The molecular formula is C18H28N4OS. The third-order valence-electron chi connectivity index (χ3n) is 4.94. The molecule has 0 bridgehead atoms. The summed E-state index contributed by atoms with van der Waals surface area (Å²) < 4.78 is 0. The molecule has 2 aliphatic rings. The molecule has 1 aliphatic carbocycles. The summed E-state index contributed by atoms with van der Waals surface area (Å²) in [6.45, 7) is 1.98. The summed E-state index contributed by atoms with van der Waals surface area (Å²) in [7, 11) is 0. The van der Waals surface area contributed by atoms with Crippen molar-refractivity contribution in [2.75, 3.05) is 16.8 Å². The van der Waals surface area contributed by atoms with Gasteiger partial charge in [0.15, 0.2) is 0 Å². The fourth-order valence-electron chi connectivity index (χ4n) is 3.42. The molecule has 1 aromatic heterocycles. The highest BCUT2D eigenvalue weighted by atomic mass is 32.2. The first-order valence-corrected chi connectivity index (χ1v) is 10.1. The molecule has 0 unspecified atom stereocenters. The van der Waals surface area contributed by atoms with Crippen LogP contribution < -0.4 is 16.4 Å². The molecule has 2 fully saturated rings. The van der Waals surface area contributed by atoms with Crippen LogP contribution >= 0.6 is 11.8 Å². The van der Waals surface area contributed by atoms with Gasteiger partial charge in [0.2, 0.25) is 0 Å². The molecule has 0 radical (unpaired) electrons. The van der Waals surface area contributed by atoms with Gasteiger partial charge in [0.1, 0.15) is 5.82 Å². The minimum atomic E-state index is -0.0145. The summed E-state index contributed by atoms with van der Waals surface area (Å²) >= 11 is 2.00. The largest absolute Gasteiger partial charge is 0.367 e. The number of carbonyl (C=O) groups excluding carboxylic acids is 1. The standard InChI is InChI=1S/C18H28N4OS/c1-12-10-16(18(23)22-14-4-2-13(19)3-5-14)17(20-11-12)21-15-6-8-24-9-7-15/h10-11,13-15H,2-9,19H2,1H3,(H,20,21)(H,22,23). The van der Waals surface area contributed by atoms with E-state index in [1.165, 1.54) is 11.5 Å². The molecule has 1 aromatic rings. The van der Waals surface area contributed by atoms with Crippen LogP contribution in [0.1, 0.15) is 54.4 Å². The van der Waals surface area contributed by atoms with Crippen molar-refractivity contribution in [3.8, 4) is 0 Å². The van der Waals surface area contributed by atoms with Gasteiger partial charge in [-0.1, -0.05) is 0 Å². The summed E-state index contributed by atoms with van der Waals surface area (Å²) in [4.78, 5) is 17.3. The van der Waals surface area contributed by atoms with E-state index in [9.17, 15) is 4.79 Å². The predicted molar refractivity (Wildman–Crippen MR) is 101 cm³/mol. The average molecular weight is 349 g/mol. The van der Waals surface area contributed by atoms with Crippen molar-refractivity contribution in [3.63, 3.8) is 0 Å². The molecule has 0 atom stereocenters. The van der Waals surface area contributed by atoms with Gasteiger partial charge in [0, 0.05) is 24.3 Å². The monoisotopic (exact) mass is 348 g/mol. The number of rotatable bonds is 4. The molecule has 1 saturated carbocycles. The molecule has 24 heavy (non-hydrogen) atoms. The Morgan fingerprint density at radius 3 is 2.58 bits per heavy atom. The SMILES string of the molecule is Cc1cnc(NC2CCSCC2)c(C(=O)NC2CCC(N)CC2)c1. The first-order chi connectivity index (χ1) is 11.6. The minimum absolute atomic E-state index is 0.0145. The number of carbonyl (C=O) groups is 1. The molecule has 3 rings (SSSR count). The number of aromatic nitrogens is 1. The van der Waals surface area contributed by atoms with E-state index >= 15 is 0 Å². The Hall–Kier alpha value is -1.27. The fourth-order valence-corrected chi connectivity index (χ4v) is 4.53. The number of nitrogens with two attached hydrogens (primary N) is 1. The third-order valence-corrected chi connectivity index (χ3v) is 5.99. The number of pyridine rings is 1. The van der Waals surface area contributed by atoms with E-state index in [0.717, 1.165) is 49.9 Å². The van der Waals surface area contributed by atoms with Crippen molar-refractivity contribution in [3.05, 3.63) is 23.4 Å². The van der Waals surface area contributed by atoms with Crippen LogP contribution in [0.4, 0.5) is 5.82 Å². The lowest BCUT2D eigenvalue weighted by molar-refractivity contribution is 0.0926. The maximum absolute atomic E-state index is 12.8.